The van der Waals surface area contributed by atoms with Crippen LogP contribution in [0.2, 0.25) is 0 Å². The second-order valence-electron chi connectivity index (χ2n) is 8.96. The number of primary amides is 1. The molecule has 1 saturated carbocycles. The molecular formula is C24H27FN4O4. The van der Waals surface area contributed by atoms with Gasteiger partial charge in [-0.2, -0.15) is 0 Å². The number of piperidine rings is 1. The van der Waals surface area contributed by atoms with E-state index in [4.69, 9.17) is 5.73 Å². The third-order valence-electron chi connectivity index (χ3n) is 6.43. The van der Waals surface area contributed by atoms with E-state index in [0.717, 1.165) is 29.7 Å². The van der Waals surface area contributed by atoms with Crippen LogP contribution < -0.4 is 11.1 Å². The highest BCUT2D eigenvalue weighted by Crippen LogP contribution is 2.41. The fourth-order valence-corrected chi connectivity index (χ4v) is 4.45. The number of benzene rings is 1. The summed E-state index contributed by atoms with van der Waals surface area (Å²) in [6, 6.07) is 9.82. The molecule has 0 atom stereocenters. The Morgan fingerprint density at radius 3 is 2.36 bits per heavy atom. The molecule has 1 aliphatic carbocycles. The summed E-state index contributed by atoms with van der Waals surface area (Å²) in [4.78, 5) is 42.0. The number of nitrogens with one attached hydrogen (secondary N) is 1. The summed E-state index contributed by atoms with van der Waals surface area (Å²) in [5.41, 5.74) is 7.52. The highest BCUT2D eigenvalue weighted by atomic mass is 19.1. The number of likely N-dealkylation sites (tertiary alicyclic amines) is 1. The van der Waals surface area contributed by atoms with Crippen LogP contribution in [-0.2, 0) is 11.2 Å². The molecule has 2 aromatic rings. The van der Waals surface area contributed by atoms with Gasteiger partial charge in [-0.3, -0.25) is 9.59 Å². The predicted molar refractivity (Wildman–Crippen MR) is 118 cm³/mol. The van der Waals surface area contributed by atoms with Gasteiger partial charge in [0.1, 0.15) is 11.5 Å². The predicted octanol–water partition coefficient (Wildman–Crippen LogP) is 2.81. The van der Waals surface area contributed by atoms with E-state index in [0.29, 0.717) is 12.3 Å². The molecule has 1 aromatic carbocycles. The molecule has 2 aliphatic rings. The summed E-state index contributed by atoms with van der Waals surface area (Å²) in [6.45, 7) is 0.402. The van der Waals surface area contributed by atoms with Crippen molar-refractivity contribution in [3.8, 4) is 0 Å². The molecule has 1 saturated heterocycles. The van der Waals surface area contributed by atoms with Gasteiger partial charge in [-0.1, -0.05) is 18.2 Å². The Bertz CT molecular complexity index is 1060. The Hall–Kier alpha value is -3.49. The third-order valence-corrected chi connectivity index (χ3v) is 6.43. The van der Waals surface area contributed by atoms with Gasteiger partial charge in [0.15, 0.2) is 0 Å². The molecule has 2 fully saturated rings. The molecule has 174 valence electrons. The van der Waals surface area contributed by atoms with Gasteiger partial charge < -0.3 is 21.1 Å². The fraction of sp³-hybridized carbons (Fsp3) is 0.417. The van der Waals surface area contributed by atoms with Crippen molar-refractivity contribution in [2.24, 2.45) is 5.73 Å². The van der Waals surface area contributed by atoms with Crippen molar-refractivity contribution in [2.75, 3.05) is 13.1 Å². The zero-order chi connectivity index (χ0) is 23.6. The molecule has 4 rings (SSSR count). The lowest BCUT2D eigenvalue weighted by Gasteiger charge is -2.40. The lowest BCUT2D eigenvalue weighted by atomic mass is 9.84. The number of carboxylic acid groups (broad SMARTS) is 1. The molecule has 2 heterocycles. The number of pyridine rings is 1. The standard InChI is InChI=1S/C24H27FN4O4/c25-17-5-1-15(2-6-17)13-20-18(16-3-4-16)7-8-19(27-20)22(31)28-24(14-21(26)30)9-11-29(12-10-24)23(32)33/h1-2,5-8,16H,3-4,9-14H2,(H2,26,30)(H,28,31)(H,32,33). The van der Waals surface area contributed by atoms with Gasteiger partial charge in [-0.25, -0.2) is 14.2 Å². The lowest BCUT2D eigenvalue weighted by Crippen LogP contribution is -2.57. The third kappa shape index (κ3) is 5.47. The molecule has 0 unspecified atom stereocenters. The Labute approximate surface area is 191 Å². The number of carbonyl (C=O) groups excluding carboxylic acids is 2. The molecule has 3 amide bonds. The van der Waals surface area contributed by atoms with Crippen molar-refractivity contribution in [1.29, 1.82) is 0 Å². The fourth-order valence-electron chi connectivity index (χ4n) is 4.45. The molecule has 1 aromatic heterocycles. The van der Waals surface area contributed by atoms with Gasteiger partial charge in [0.25, 0.3) is 5.91 Å². The van der Waals surface area contributed by atoms with Gasteiger partial charge in [0.05, 0.1) is 5.54 Å². The van der Waals surface area contributed by atoms with Crippen molar-refractivity contribution in [1.82, 2.24) is 15.2 Å². The van der Waals surface area contributed by atoms with Crippen LogP contribution in [0.3, 0.4) is 0 Å². The first-order valence-corrected chi connectivity index (χ1v) is 11.1. The van der Waals surface area contributed by atoms with E-state index in [2.05, 4.69) is 10.3 Å². The number of carbonyl (C=O) groups is 3. The number of hydrogen-bond acceptors (Lipinski definition) is 4. The normalized spacial score (nSPS) is 17.4. The summed E-state index contributed by atoms with van der Waals surface area (Å²) in [5.74, 6) is -0.876. The zero-order valence-electron chi connectivity index (χ0n) is 18.2. The van der Waals surface area contributed by atoms with Gasteiger partial charge in [0, 0.05) is 31.6 Å². The number of halogens is 1. The van der Waals surface area contributed by atoms with E-state index < -0.39 is 23.4 Å². The number of amides is 3. The van der Waals surface area contributed by atoms with Crippen LogP contribution in [0, 0.1) is 5.82 Å². The number of nitrogens with zero attached hydrogens (tertiary/aromatic N) is 2. The Balaban J connectivity index is 1.55. The maximum absolute atomic E-state index is 13.3. The molecule has 4 N–H and O–H groups in total. The van der Waals surface area contributed by atoms with Crippen LogP contribution in [0.15, 0.2) is 36.4 Å². The van der Waals surface area contributed by atoms with E-state index in [-0.39, 0.29) is 43.9 Å². The molecule has 0 spiro atoms. The molecule has 33 heavy (non-hydrogen) atoms. The highest BCUT2D eigenvalue weighted by molar-refractivity contribution is 5.93. The average Bonchev–Trinajstić information content (AvgIpc) is 3.60. The van der Waals surface area contributed by atoms with Crippen molar-refractivity contribution in [3.05, 3.63) is 64.7 Å². The molecule has 0 radical (unpaired) electrons. The Morgan fingerprint density at radius 2 is 1.79 bits per heavy atom. The topological polar surface area (TPSA) is 126 Å². The minimum Gasteiger partial charge on any atom is -0.465 e. The molecule has 0 bridgehead atoms. The summed E-state index contributed by atoms with van der Waals surface area (Å²) in [5, 5.41) is 12.1. The van der Waals surface area contributed by atoms with Crippen LogP contribution in [0.25, 0.3) is 0 Å². The molecule has 8 nitrogen and oxygen atoms in total. The second kappa shape index (κ2) is 9.17. The minimum absolute atomic E-state index is 0.0746. The van der Waals surface area contributed by atoms with E-state index in [1.54, 1.807) is 18.2 Å². The summed E-state index contributed by atoms with van der Waals surface area (Å²) in [6.07, 6.45) is 2.10. The lowest BCUT2D eigenvalue weighted by molar-refractivity contribution is -0.119. The Kier molecular flexibility index (Phi) is 6.31. The van der Waals surface area contributed by atoms with Gasteiger partial charge in [-0.15, -0.1) is 0 Å². The van der Waals surface area contributed by atoms with Crippen LogP contribution >= 0.6 is 0 Å². The van der Waals surface area contributed by atoms with Gasteiger partial charge in [0.2, 0.25) is 5.91 Å². The molecule has 1 aliphatic heterocycles. The minimum atomic E-state index is -1.03. The van der Waals surface area contributed by atoms with Crippen molar-refractivity contribution in [2.45, 2.75) is 50.0 Å². The van der Waals surface area contributed by atoms with E-state index in [1.165, 1.54) is 17.0 Å². The van der Waals surface area contributed by atoms with Crippen molar-refractivity contribution in [3.63, 3.8) is 0 Å². The number of hydrogen-bond donors (Lipinski definition) is 3. The van der Waals surface area contributed by atoms with E-state index in [9.17, 15) is 23.9 Å². The van der Waals surface area contributed by atoms with Crippen LogP contribution in [0.4, 0.5) is 9.18 Å². The average molecular weight is 455 g/mol. The first-order valence-electron chi connectivity index (χ1n) is 11.1. The number of aromatic nitrogens is 1. The zero-order valence-corrected chi connectivity index (χ0v) is 18.2. The SMILES string of the molecule is NC(=O)CC1(NC(=O)c2ccc(C3CC3)c(Cc3ccc(F)cc3)n2)CCN(C(=O)O)CC1. The molecular weight excluding hydrogens is 427 g/mol. The number of nitrogens with two attached hydrogens (primary N) is 1. The maximum Gasteiger partial charge on any atom is 0.407 e. The smallest absolute Gasteiger partial charge is 0.407 e. The van der Waals surface area contributed by atoms with Crippen LogP contribution in [0.5, 0.6) is 0 Å². The quantitative estimate of drug-likeness (QED) is 0.593. The maximum atomic E-state index is 13.3. The van der Waals surface area contributed by atoms with Crippen LogP contribution in [0.1, 0.15) is 65.3 Å². The number of rotatable bonds is 7. The monoisotopic (exact) mass is 454 g/mol. The summed E-state index contributed by atoms with van der Waals surface area (Å²) >= 11 is 0. The first kappa shape index (κ1) is 22.7. The Morgan fingerprint density at radius 1 is 1.12 bits per heavy atom. The highest BCUT2D eigenvalue weighted by Gasteiger charge is 2.39. The van der Waals surface area contributed by atoms with Crippen molar-refractivity contribution >= 4 is 17.9 Å². The van der Waals surface area contributed by atoms with E-state index in [1.807, 2.05) is 6.07 Å². The van der Waals surface area contributed by atoms with Gasteiger partial charge in [-0.05, 0) is 60.9 Å². The van der Waals surface area contributed by atoms with E-state index >= 15 is 0 Å². The van der Waals surface area contributed by atoms with Crippen LogP contribution in [-0.4, -0.2) is 51.5 Å². The largest absolute Gasteiger partial charge is 0.465 e. The van der Waals surface area contributed by atoms with Gasteiger partial charge >= 0.3 is 6.09 Å². The summed E-state index contributed by atoms with van der Waals surface area (Å²) < 4.78 is 13.3. The summed E-state index contributed by atoms with van der Waals surface area (Å²) in [7, 11) is 0. The second-order valence-corrected chi connectivity index (χ2v) is 8.96. The molecule has 9 heteroatoms. The van der Waals surface area contributed by atoms with Crippen molar-refractivity contribution < 1.29 is 23.9 Å². The first-order chi connectivity index (χ1) is 15.7.